The zero-order valence-electron chi connectivity index (χ0n) is 6.41. The van der Waals surface area contributed by atoms with Gasteiger partial charge in [0, 0.05) is 6.20 Å². The molecule has 0 unspecified atom stereocenters. The molecule has 0 aliphatic heterocycles. The minimum atomic E-state index is -1.04. The highest BCUT2D eigenvalue weighted by molar-refractivity contribution is 5.86. The summed E-state index contributed by atoms with van der Waals surface area (Å²) in [6.45, 7) is 0. The summed E-state index contributed by atoms with van der Waals surface area (Å²) in [5.74, 6) is -1.04. The fourth-order valence-corrected chi connectivity index (χ4v) is 0.934. The lowest BCUT2D eigenvalue weighted by molar-refractivity contribution is 0.0691. The van der Waals surface area contributed by atoms with E-state index in [1.165, 1.54) is 10.7 Å². The summed E-state index contributed by atoms with van der Waals surface area (Å²) < 4.78 is 1.42. The van der Waals surface area contributed by atoms with E-state index in [1.807, 2.05) is 0 Å². The molecule has 68 valence electrons. The van der Waals surface area contributed by atoms with Crippen LogP contribution < -0.4 is 0 Å². The van der Waals surface area contributed by atoms with Gasteiger partial charge in [-0.15, -0.1) is 12.4 Å². The molecule has 0 atom stereocenters. The van der Waals surface area contributed by atoms with Crippen molar-refractivity contribution in [3.8, 4) is 0 Å². The molecule has 0 fully saturated rings. The molecule has 2 rings (SSSR count). The van der Waals surface area contributed by atoms with Crippen LogP contribution in [-0.4, -0.2) is 25.7 Å². The first-order valence-electron chi connectivity index (χ1n) is 3.31. The zero-order chi connectivity index (χ0) is 8.55. The predicted molar refractivity (Wildman–Crippen MR) is 47.2 cm³/mol. The molecule has 2 heterocycles. The molecule has 0 aliphatic rings. The van der Waals surface area contributed by atoms with Gasteiger partial charge in [-0.05, 0) is 12.1 Å². The summed E-state index contributed by atoms with van der Waals surface area (Å²) >= 11 is 0. The lowest BCUT2D eigenvalue weighted by atomic mass is 10.5. The highest BCUT2D eigenvalue weighted by atomic mass is 35.5. The second kappa shape index (κ2) is 3.40. The van der Waals surface area contributed by atoms with E-state index in [9.17, 15) is 4.79 Å². The molecule has 0 saturated heterocycles. The summed E-state index contributed by atoms with van der Waals surface area (Å²) in [5, 5.41) is 12.5. The number of aromatic carboxylic acids is 1. The quantitative estimate of drug-likeness (QED) is 0.740. The molecular weight excluding hydrogens is 194 g/mol. The van der Waals surface area contributed by atoms with Crippen LogP contribution in [-0.2, 0) is 0 Å². The SMILES string of the molecule is Cl.O=C(O)c1cn2ncccc2n1. The Morgan fingerprint density at radius 2 is 2.31 bits per heavy atom. The normalized spacial score (nSPS) is 9.54. The number of imidazole rings is 1. The van der Waals surface area contributed by atoms with Gasteiger partial charge in [0.05, 0.1) is 6.20 Å². The van der Waals surface area contributed by atoms with Crippen LogP contribution in [0.3, 0.4) is 0 Å². The van der Waals surface area contributed by atoms with Crippen molar-refractivity contribution in [3.05, 3.63) is 30.2 Å². The van der Waals surface area contributed by atoms with Crippen molar-refractivity contribution in [2.75, 3.05) is 0 Å². The van der Waals surface area contributed by atoms with E-state index < -0.39 is 5.97 Å². The molecule has 2 aromatic rings. The van der Waals surface area contributed by atoms with E-state index in [0.29, 0.717) is 5.65 Å². The van der Waals surface area contributed by atoms with E-state index in [0.717, 1.165) is 0 Å². The van der Waals surface area contributed by atoms with Crippen molar-refractivity contribution in [2.24, 2.45) is 0 Å². The third-order valence-corrected chi connectivity index (χ3v) is 1.46. The largest absolute Gasteiger partial charge is 0.476 e. The first kappa shape index (κ1) is 9.47. The van der Waals surface area contributed by atoms with Crippen LogP contribution in [0.5, 0.6) is 0 Å². The number of aromatic nitrogens is 3. The van der Waals surface area contributed by atoms with Gasteiger partial charge in [-0.2, -0.15) is 5.10 Å². The fraction of sp³-hybridized carbons (Fsp3) is 0. The molecule has 2 aromatic heterocycles. The molecule has 1 N–H and O–H groups in total. The third kappa shape index (κ3) is 1.59. The Labute approximate surface area is 79.4 Å². The number of carbonyl (C=O) groups is 1. The smallest absolute Gasteiger partial charge is 0.356 e. The highest BCUT2D eigenvalue weighted by Gasteiger charge is 2.07. The van der Waals surface area contributed by atoms with Crippen LogP contribution in [0.4, 0.5) is 0 Å². The van der Waals surface area contributed by atoms with Crippen molar-refractivity contribution in [1.82, 2.24) is 14.6 Å². The van der Waals surface area contributed by atoms with Crippen LogP contribution in [0.15, 0.2) is 24.5 Å². The van der Waals surface area contributed by atoms with E-state index in [1.54, 1.807) is 18.3 Å². The van der Waals surface area contributed by atoms with Gasteiger partial charge < -0.3 is 5.11 Å². The number of hydrogen-bond donors (Lipinski definition) is 1. The Morgan fingerprint density at radius 3 is 2.92 bits per heavy atom. The van der Waals surface area contributed by atoms with Crippen molar-refractivity contribution < 1.29 is 9.90 Å². The molecule has 0 radical (unpaired) electrons. The number of carboxylic acids is 1. The van der Waals surface area contributed by atoms with Crippen molar-refractivity contribution >= 4 is 24.0 Å². The van der Waals surface area contributed by atoms with Crippen LogP contribution >= 0.6 is 12.4 Å². The second-order valence-corrected chi connectivity index (χ2v) is 2.26. The Hall–Kier alpha value is -1.62. The Bertz CT molecular complexity index is 407. The Morgan fingerprint density at radius 1 is 1.54 bits per heavy atom. The van der Waals surface area contributed by atoms with Gasteiger partial charge >= 0.3 is 5.97 Å². The van der Waals surface area contributed by atoms with Crippen LogP contribution in [0.1, 0.15) is 10.5 Å². The molecule has 0 spiro atoms. The van der Waals surface area contributed by atoms with Crippen molar-refractivity contribution in [2.45, 2.75) is 0 Å². The molecular formula is C7H6ClN3O2. The maximum absolute atomic E-state index is 10.5. The molecule has 0 amide bonds. The highest BCUT2D eigenvalue weighted by Crippen LogP contribution is 2.01. The number of halogens is 1. The van der Waals surface area contributed by atoms with Crippen LogP contribution in [0, 0.1) is 0 Å². The van der Waals surface area contributed by atoms with Crippen molar-refractivity contribution in [1.29, 1.82) is 0 Å². The van der Waals surface area contributed by atoms with Gasteiger partial charge in [0.15, 0.2) is 11.3 Å². The lowest BCUT2D eigenvalue weighted by Crippen LogP contribution is -1.95. The molecule has 13 heavy (non-hydrogen) atoms. The van der Waals surface area contributed by atoms with Gasteiger partial charge in [-0.1, -0.05) is 0 Å². The van der Waals surface area contributed by atoms with Crippen molar-refractivity contribution in [3.63, 3.8) is 0 Å². The number of rotatable bonds is 1. The number of hydrogen-bond acceptors (Lipinski definition) is 3. The van der Waals surface area contributed by atoms with Crippen LogP contribution in [0.2, 0.25) is 0 Å². The zero-order valence-corrected chi connectivity index (χ0v) is 7.23. The summed E-state index contributed by atoms with van der Waals surface area (Å²) in [6.07, 6.45) is 2.94. The molecule has 5 nitrogen and oxygen atoms in total. The van der Waals surface area contributed by atoms with E-state index in [2.05, 4.69) is 10.1 Å². The average molecular weight is 200 g/mol. The van der Waals surface area contributed by atoms with Gasteiger partial charge in [0.25, 0.3) is 0 Å². The molecule has 0 aliphatic carbocycles. The minimum Gasteiger partial charge on any atom is -0.476 e. The van der Waals surface area contributed by atoms with Gasteiger partial charge in [-0.3, -0.25) is 0 Å². The molecule has 6 heteroatoms. The van der Waals surface area contributed by atoms with Gasteiger partial charge in [0.2, 0.25) is 0 Å². The average Bonchev–Trinajstić information content (AvgIpc) is 2.46. The lowest BCUT2D eigenvalue weighted by Gasteiger charge is -1.85. The third-order valence-electron chi connectivity index (χ3n) is 1.46. The number of carboxylic acid groups (broad SMARTS) is 1. The summed E-state index contributed by atoms with van der Waals surface area (Å²) in [5.41, 5.74) is 0.545. The minimum absolute atomic E-state index is 0. The molecule has 0 aromatic carbocycles. The predicted octanol–water partition coefficient (Wildman–Crippen LogP) is 0.849. The Balaban J connectivity index is 0.000000845. The summed E-state index contributed by atoms with van der Waals surface area (Å²) in [6, 6.07) is 3.40. The van der Waals surface area contributed by atoms with E-state index in [-0.39, 0.29) is 18.1 Å². The first-order valence-corrected chi connectivity index (χ1v) is 3.31. The fourth-order valence-electron chi connectivity index (χ4n) is 0.934. The standard InChI is InChI=1S/C7H5N3O2.ClH/c11-7(12)5-4-10-6(9-5)2-1-3-8-10;/h1-4H,(H,11,12);1H. The van der Waals surface area contributed by atoms with Gasteiger partial charge in [0.1, 0.15) is 0 Å². The van der Waals surface area contributed by atoms with Gasteiger partial charge in [-0.25, -0.2) is 14.3 Å². The summed E-state index contributed by atoms with van der Waals surface area (Å²) in [7, 11) is 0. The topological polar surface area (TPSA) is 67.5 Å². The molecule has 0 bridgehead atoms. The maximum atomic E-state index is 10.5. The van der Waals surface area contributed by atoms with E-state index >= 15 is 0 Å². The van der Waals surface area contributed by atoms with Crippen LogP contribution in [0.25, 0.3) is 5.65 Å². The number of fused-ring (bicyclic) bond motifs is 1. The monoisotopic (exact) mass is 199 g/mol. The summed E-state index contributed by atoms with van der Waals surface area (Å²) in [4.78, 5) is 14.3. The maximum Gasteiger partial charge on any atom is 0.356 e. The van der Waals surface area contributed by atoms with E-state index in [4.69, 9.17) is 5.11 Å². The molecule has 0 saturated carbocycles. The first-order chi connectivity index (χ1) is 5.77. The Kier molecular flexibility index (Phi) is 2.48. The number of nitrogens with zero attached hydrogens (tertiary/aromatic N) is 3. The second-order valence-electron chi connectivity index (χ2n) is 2.26.